The standard InChI is InChI=1S/C14H16N6O2S/c1-8(2)12-5-11(17-22-12)14(21)20(3)6-10-4-9(7-23-10)13-15-18-19-16-13/h4-5,7-8H,6H2,1-3H3,(H,15,16,18,19). The Kier molecular flexibility index (Phi) is 4.20. The molecule has 0 aliphatic rings. The van der Waals surface area contributed by atoms with Gasteiger partial charge in [0.15, 0.2) is 5.69 Å². The van der Waals surface area contributed by atoms with Crippen molar-refractivity contribution in [3.63, 3.8) is 0 Å². The van der Waals surface area contributed by atoms with E-state index in [1.54, 1.807) is 18.0 Å². The third-order valence-electron chi connectivity index (χ3n) is 3.31. The molecule has 0 aromatic carbocycles. The highest BCUT2D eigenvalue weighted by atomic mass is 32.1. The molecule has 0 aliphatic carbocycles. The zero-order valence-electron chi connectivity index (χ0n) is 13.0. The lowest BCUT2D eigenvalue weighted by Gasteiger charge is -2.14. The van der Waals surface area contributed by atoms with E-state index in [4.69, 9.17) is 4.52 Å². The summed E-state index contributed by atoms with van der Waals surface area (Å²) in [5.74, 6) is 1.27. The maximum Gasteiger partial charge on any atom is 0.276 e. The first-order valence-corrected chi connectivity index (χ1v) is 7.96. The molecule has 3 heterocycles. The maximum atomic E-state index is 12.4. The molecule has 3 rings (SSSR count). The molecule has 0 atom stereocenters. The molecular weight excluding hydrogens is 316 g/mol. The number of thiophene rings is 1. The van der Waals surface area contributed by atoms with E-state index in [9.17, 15) is 4.79 Å². The first-order chi connectivity index (χ1) is 11.0. The van der Waals surface area contributed by atoms with E-state index in [0.29, 0.717) is 23.8 Å². The van der Waals surface area contributed by atoms with Crippen molar-refractivity contribution in [2.75, 3.05) is 7.05 Å². The van der Waals surface area contributed by atoms with Crippen LogP contribution in [0.3, 0.4) is 0 Å². The van der Waals surface area contributed by atoms with Gasteiger partial charge < -0.3 is 9.42 Å². The van der Waals surface area contributed by atoms with Crippen molar-refractivity contribution in [1.82, 2.24) is 30.7 Å². The fourth-order valence-corrected chi connectivity index (χ4v) is 2.94. The first kappa shape index (κ1) is 15.3. The molecule has 120 valence electrons. The van der Waals surface area contributed by atoms with Gasteiger partial charge in [0.2, 0.25) is 5.82 Å². The summed E-state index contributed by atoms with van der Waals surface area (Å²) in [5.41, 5.74) is 1.20. The van der Waals surface area contributed by atoms with Gasteiger partial charge in [-0.25, -0.2) is 0 Å². The number of amides is 1. The molecule has 8 nitrogen and oxygen atoms in total. The smallest absolute Gasteiger partial charge is 0.276 e. The van der Waals surface area contributed by atoms with Crippen LogP contribution in [0.5, 0.6) is 0 Å². The highest BCUT2D eigenvalue weighted by Crippen LogP contribution is 2.23. The van der Waals surface area contributed by atoms with Crippen LogP contribution in [0.2, 0.25) is 0 Å². The molecule has 1 N–H and O–H groups in total. The summed E-state index contributed by atoms with van der Waals surface area (Å²) in [4.78, 5) is 15.0. The van der Waals surface area contributed by atoms with E-state index in [0.717, 1.165) is 10.4 Å². The lowest BCUT2D eigenvalue weighted by molar-refractivity contribution is 0.0776. The molecule has 9 heteroatoms. The van der Waals surface area contributed by atoms with E-state index < -0.39 is 0 Å². The summed E-state index contributed by atoms with van der Waals surface area (Å²) in [7, 11) is 1.74. The van der Waals surface area contributed by atoms with E-state index in [1.807, 2.05) is 25.3 Å². The Labute approximate surface area is 136 Å². The minimum atomic E-state index is -0.171. The monoisotopic (exact) mass is 332 g/mol. The Balaban J connectivity index is 1.68. The fourth-order valence-electron chi connectivity index (χ4n) is 2.03. The Morgan fingerprint density at radius 2 is 2.26 bits per heavy atom. The van der Waals surface area contributed by atoms with Gasteiger partial charge in [-0.05, 0) is 11.3 Å². The summed E-state index contributed by atoms with van der Waals surface area (Å²) in [6.07, 6.45) is 0. The number of carbonyl (C=O) groups is 1. The second-order valence-electron chi connectivity index (χ2n) is 5.47. The van der Waals surface area contributed by atoms with Gasteiger partial charge in [-0.15, -0.1) is 21.5 Å². The molecule has 3 aromatic heterocycles. The normalized spacial score (nSPS) is 11.1. The van der Waals surface area contributed by atoms with Crippen molar-refractivity contribution >= 4 is 17.2 Å². The molecule has 0 saturated heterocycles. The van der Waals surface area contributed by atoms with Crippen molar-refractivity contribution in [2.24, 2.45) is 0 Å². The van der Waals surface area contributed by atoms with Crippen LogP contribution in [-0.2, 0) is 6.54 Å². The molecule has 0 aliphatic heterocycles. The second-order valence-corrected chi connectivity index (χ2v) is 6.46. The molecular formula is C14H16N6O2S. The van der Waals surface area contributed by atoms with Crippen molar-refractivity contribution in [1.29, 1.82) is 0 Å². The van der Waals surface area contributed by atoms with Crippen molar-refractivity contribution in [3.05, 3.63) is 33.8 Å². The van der Waals surface area contributed by atoms with E-state index in [2.05, 4.69) is 25.8 Å². The average molecular weight is 332 g/mol. The van der Waals surface area contributed by atoms with Gasteiger partial charge in [-0.3, -0.25) is 4.79 Å². The third kappa shape index (κ3) is 3.29. The van der Waals surface area contributed by atoms with Crippen LogP contribution >= 0.6 is 11.3 Å². The lowest BCUT2D eigenvalue weighted by atomic mass is 10.1. The van der Waals surface area contributed by atoms with Crippen LogP contribution < -0.4 is 0 Å². The minimum absolute atomic E-state index is 0.171. The van der Waals surface area contributed by atoms with Crippen LogP contribution in [0.15, 0.2) is 22.0 Å². The number of rotatable bonds is 5. The zero-order valence-corrected chi connectivity index (χ0v) is 13.8. The minimum Gasteiger partial charge on any atom is -0.360 e. The highest BCUT2D eigenvalue weighted by molar-refractivity contribution is 7.10. The molecule has 0 unspecified atom stereocenters. The molecule has 23 heavy (non-hydrogen) atoms. The number of aromatic nitrogens is 5. The molecule has 0 radical (unpaired) electrons. The number of hydrogen-bond donors (Lipinski definition) is 1. The number of nitrogens with one attached hydrogen (secondary N) is 1. The van der Waals surface area contributed by atoms with Crippen LogP contribution in [-0.4, -0.2) is 43.6 Å². The number of H-pyrrole nitrogens is 1. The molecule has 0 spiro atoms. The number of nitrogens with zero attached hydrogens (tertiary/aromatic N) is 5. The number of hydrogen-bond acceptors (Lipinski definition) is 7. The summed E-state index contributed by atoms with van der Waals surface area (Å²) >= 11 is 1.54. The van der Waals surface area contributed by atoms with Crippen LogP contribution in [0, 0.1) is 0 Å². The van der Waals surface area contributed by atoms with E-state index in [-0.39, 0.29) is 11.8 Å². The predicted molar refractivity (Wildman–Crippen MR) is 83.9 cm³/mol. The summed E-state index contributed by atoms with van der Waals surface area (Å²) in [5, 5.41) is 19.6. The van der Waals surface area contributed by atoms with Gasteiger partial charge in [0, 0.05) is 34.9 Å². The van der Waals surface area contributed by atoms with Gasteiger partial charge in [0.25, 0.3) is 5.91 Å². The second kappa shape index (κ2) is 6.29. The van der Waals surface area contributed by atoms with Gasteiger partial charge in [0.05, 0.1) is 6.54 Å². The number of aromatic amines is 1. The lowest BCUT2D eigenvalue weighted by Crippen LogP contribution is -2.26. The Hall–Kier alpha value is -2.55. The molecule has 3 aromatic rings. The maximum absolute atomic E-state index is 12.4. The first-order valence-electron chi connectivity index (χ1n) is 7.08. The zero-order chi connectivity index (χ0) is 16.4. The largest absolute Gasteiger partial charge is 0.360 e. The van der Waals surface area contributed by atoms with Crippen LogP contribution in [0.4, 0.5) is 0 Å². The summed E-state index contributed by atoms with van der Waals surface area (Å²) in [6.45, 7) is 4.46. The van der Waals surface area contributed by atoms with Gasteiger partial charge in [-0.1, -0.05) is 19.0 Å². The average Bonchev–Trinajstić information content (AvgIpc) is 3.26. The van der Waals surface area contributed by atoms with Crippen molar-refractivity contribution in [2.45, 2.75) is 26.3 Å². The topological polar surface area (TPSA) is 101 Å². The predicted octanol–water partition coefficient (Wildman–Crippen LogP) is 2.31. The fraction of sp³-hybridized carbons (Fsp3) is 0.357. The van der Waals surface area contributed by atoms with Gasteiger partial charge in [0.1, 0.15) is 5.76 Å². The van der Waals surface area contributed by atoms with Crippen molar-refractivity contribution in [3.8, 4) is 11.4 Å². The van der Waals surface area contributed by atoms with Crippen LogP contribution in [0.25, 0.3) is 11.4 Å². The highest BCUT2D eigenvalue weighted by Gasteiger charge is 2.19. The van der Waals surface area contributed by atoms with E-state index in [1.165, 1.54) is 11.3 Å². The molecule has 0 bridgehead atoms. The number of tetrazole rings is 1. The number of carbonyl (C=O) groups excluding carboxylic acids is 1. The Morgan fingerprint density at radius 3 is 2.91 bits per heavy atom. The van der Waals surface area contributed by atoms with E-state index >= 15 is 0 Å². The van der Waals surface area contributed by atoms with Crippen molar-refractivity contribution < 1.29 is 9.32 Å². The van der Waals surface area contributed by atoms with Gasteiger partial charge in [-0.2, -0.15) is 5.21 Å². The Bertz CT molecular complexity index is 792. The SMILES string of the molecule is CC(C)c1cc(C(=O)N(C)Cc2cc(-c3nn[nH]n3)cs2)no1. The quantitative estimate of drug-likeness (QED) is 0.769. The molecule has 0 fully saturated rings. The van der Waals surface area contributed by atoms with Gasteiger partial charge >= 0.3 is 0 Å². The third-order valence-corrected chi connectivity index (χ3v) is 4.24. The van der Waals surface area contributed by atoms with Crippen LogP contribution in [0.1, 0.15) is 40.9 Å². The molecule has 1 amide bonds. The Morgan fingerprint density at radius 1 is 1.43 bits per heavy atom. The summed E-state index contributed by atoms with van der Waals surface area (Å²) < 4.78 is 5.18. The summed E-state index contributed by atoms with van der Waals surface area (Å²) in [6, 6.07) is 3.64. The molecule has 0 saturated carbocycles.